The SMILES string of the molecule is Cc1n[nH]c(C)c1CCC(=O)N1CCC2(O)CCCCC2C1. The molecule has 2 aliphatic rings. The summed E-state index contributed by atoms with van der Waals surface area (Å²) in [5.74, 6) is 0.490. The second-order valence-corrected chi connectivity index (χ2v) is 7.05. The van der Waals surface area contributed by atoms with Crippen molar-refractivity contribution < 1.29 is 9.90 Å². The first-order valence-electron chi connectivity index (χ1n) is 8.50. The van der Waals surface area contributed by atoms with Gasteiger partial charge in [0.25, 0.3) is 0 Å². The van der Waals surface area contributed by atoms with Gasteiger partial charge in [0, 0.05) is 31.1 Å². The van der Waals surface area contributed by atoms with Crippen molar-refractivity contribution in [3.8, 4) is 0 Å². The van der Waals surface area contributed by atoms with Crippen LogP contribution in [0.25, 0.3) is 0 Å². The Morgan fingerprint density at radius 2 is 2.23 bits per heavy atom. The van der Waals surface area contributed by atoms with Gasteiger partial charge >= 0.3 is 0 Å². The maximum absolute atomic E-state index is 12.5. The molecule has 0 bridgehead atoms. The van der Waals surface area contributed by atoms with Gasteiger partial charge in [0.05, 0.1) is 11.3 Å². The van der Waals surface area contributed by atoms with Gasteiger partial charge in [-0.3, -0.25) is 9.89 Å². The molecule has 0 radical (unpaired) electrons. The summed E-state index contributed by atoms with van der Waals surface area (Å²) in [7, 11) is 0. The summed E-state index contributed by atoms with van der Waals surface area (Å²) in [6.07, 6.45) is 6.30. The van der Waals surface area contributed by atoms with Crippen molar-refractivity contribution in [2.75, 3.05) is 13.1 Å². The van der Waals surface area contributed by atoms with Crippen LogP contribution in [-0.2, 0) is 11.2 Å². The Kier molecular flexibility index (Phi) is 4.26. The van der Waals surface area contributed by atoms with Gasteiger partial charge in [-0.25, -0.2) is 0 Å². The van der Waals surface area contributed by atoms with E-state index in [0.29, 0.717) is 13.0 Å². The molecule has 1 aliphatic carbocycles. The molecule has 5 nitrogen and oxygen atoms in total. The molecule has 1 saturated heterocycles. The van der Waals surface area contributed by atoms with Gasteiger partial charge in [0.15, 0.2) is 0 Å². The fourth-order valence-corrected chi connectivity index (χ4v) is 4.13. The zero-order valence-electron chi connectivity index (χ0n) is 13.7. The molecule has 22 heavy (non-hydrogen) atoms. The summed E-state index contributed by atoms with van der Waals surface area (Å²) in [6, 6.07) is 0. The van der Waals surface area contributed by atoms with Gasteiger partial charge in [-0.2, -0.15) is 5.10 Å². The first-order valence-corrected chi connectivity index (χ1v) is 8.50. The number of hydrogen-bond donors (Lipinski definition) is 2. The van der Waals surface area contributed by atoms with Gasteiger partial charge in [0.1, 0.15) is 0 Å². The smallest absolute Gasteiger partial charge is 0.222 e. The van der Waals surface area contributed by atoms with Crippen molar-refractivity contribution in [3.05, 3.63) is 17.0 Å². The molecule has 0 aromatic carbocycles. The molecular formula is C17H27N3O2. The molecule has 2 N–H and O–H groups in total. The van der Waals surface area contributed by atoms with Crippen LogP contribution in [0.5, 0.6) is 0 Å². The number of aliphatic hydroxyl groups is 1. The van der Waals surface area contributed by atoms with Crippen molar-refractivity contribution in [2.45, 2.75) is 64.4 Å². The van der Waals surface area contributed by atoms with Crippen LogP contribution in [0.3, 0.4) is 0 Å². The number of aromatic amines is 1. The van der Waals surface area contributed by atoms with E-state index in [1.165, 1.54) is 12.0 Å². The molecule has 2 heterocycles. The average molecular weight is 305 g/mol. The minimum Gasteiger partial charge on any atom is -0.389 e. The van der Waals surface area contributed by atoms with E-state index >= 15 is 0 Å². The number of fused-ring (bicyclic) bond motifs is 1. The number of carbonyl (C=O) groups excluding carboxylic acids is 1. The number of nitrogens with zero attached hydrogens (tertiary/aromatic N) is 2. The van der Waals surface area contributed by atoms with Crippen molar-refractivity contribution in [2.24, 2.45) is 5.92 Å². The van der Waals surface area contributed by atoms with Crippen molar-refractivity contribution in [3.63, 3.8) is 0 Å². The first-order chi connectivity index (χ1) is 10.5. The van der Waals surface area contributed by atoms with E-state index in [2.05, 4.69) is 10.2 Å². The van der Waals surface area contributed by atoms with Crippen LogP contribution in [0.2, 0.25) is 0 Å². The Morgan fingerprint density at radius 3 is 2.95 bits per heavy atom. The van der Waals surface area contributed by atoms with Gasteiger partial charge in [0.2, 0.25) is 5.91 Å². The number of aromatic nitrogens is 2. The molecule has 2 atom stereocenters. The van der Waals surface area contributed by atoms with E-state index in [1.807, 2.05) is 18.7 Å². The number of likely N-dealkylation sites (tertiary alicyclic amines) is 1. The quantitative estimate of drug-likeness (QED) is 0.898. The molecule has 5 heteroatoms. The summed E-state index contributed by atoms with van der Waals surface area (Å²) < 4.78 is 0. The van der Waals surface area contributed by atoms with E-state index in [9.17, 15) is 9.90 Å². The third kappa shape index (κ3) is 2.91. The number of nitrogens with one attached hydrogen (secondary N) is 1. The predicted octanol–water partition coefficient (Wildman–Crippen LogP) is 2.11. The second-order valence-electron chi connectivity index (χ2n) is 7.05. The lowest BCUT2D eigenvalue weighted by Gasteiger charge is -2.47. The monoisotopic (exact) mass is 305 g/mol. The molecule has 1 saturated carbocycles. The summed E-state index contributed by atoms with van der Waals surface area (Å²) in [6.45, 7) is 5.42. The van der Waals surface area contributed by atoms with Crippen LogP contribution in [0.15, 0.2) is 0 Å². The van der Waals surface area contributed by atoms with Crippen molar-refractivity contribution >= 4 is 5.91 Å². The summed E-state index contributed by atoms with van der Waals surface area (Å²) >= 11 is 0. The van der Waals surface area contributed by atoms with Crippen LogP contribution in [0, 0.1) is 19.8 Å². The number of aryl methyl sites for hydroxylation is 2. The normalized spacial score (nSPS) is 28.5. The van der Waals surface area contributed by atoms with E-state index in [1.54, 1.807) is 0 Å². The topological polar surface area (TPSA) is 69.2 Å². The Hall–Kier alpha value is -1.36. The van der Waals surface area contributed by atoms with Gasteiger partial charge in [-0.15, -0.1) is 0 Å². The number of H-pyrrole nitrogens is 1. The van der Waals surface area contributed by atoms with Crippen molar-refractivity contribution in [1.29, 1.82) is 0 Å². The van der Waals surface area contributed by atoms with Crippen LogP contribution < -0.4 is 0 Å². The fourth-order valence-electron chi connectivity index (χ4n) is 4.13. The molecular weight excluding hydrogens is 278 g/mol. The molecule has 122 valence electrons. The Bertz CT molecular complexity index is 535. The van der Waals surface area contributed by atoms with E-state index < -0.39 is 5.60 Å². The second kappa shape index (κ2) is 6.03. The predicted molar refractivity (Wildman–Crippen MR) is 84.5 cm³/mol. The zero-order chi connectivity index (χ0) is 15.7. The lowest BCUT2D eigenvalue weighted by molar-refractivity contribution is -0.143. The molecule has 3 rings (SSSR count). The maximum Gasteiger partial charge on any atom is 0.222 e. The van der Waals surface area contributed by atoms with E-state index in [0.717, 1.165) is 50.0 Å². The van der Waals surface area contributed by atoms with Gasteiger partial charge in [-0.1, -0.05) is 12.8 Å². The fraction of sp³-hybridized carbons (Fsp3) is 0.765. The molecule has 1 aromatic rings. The van der Waals surface area contributed by atoms with Crippen molar-refractivity contribution in [1.82, 2.24) is 15.1 Å². The summed E-state index contributed by atoms with van der Waals surface area (Å²) in [5.41, 5.74) is 2.71. The van der Waals surface area contributed by atoms with Crippen LogP contribution >= 0.6 is 0 Å². The van der Waals surface area contributed by atoms with E-state index in [4.69, 9.17) is 0 Å². The largest absolute Gasteiger partial charge is 0.389 e. The van der Waals surface area contributed by atoms with Crippen LogP contribution in [0.4, 0.5) is 0 Å². The molecule has 1 aromatic heterocycles. The third-order valence-electron chi connectivity index (χ3n) is 5.65. The molecule has 2 unspecified atom stereocenters. The highest BCUT2D eigenvalue weighted by atomic mass is 16.3. The lowest BCUT2D eigenvalue weighted by Crippen LogP contribution is -2.54. The lowest BCUT2D eigenvalue weighted by atomic mass is 9.71. The number of piperidine rings is 1. The maximum atomic E-state index is 12.5. The number of hydrogen-bond acceptors (Lipinski definition) is 3. The average Bonchev–Trinajstić information content (AvgIpc) is 2.82. The Labute approximate surface area is 132 Å². The molecule has 1 aliphatic heterocycles. The minimum absolute atomic E-state index is 0.215. The van der Waals surface area contributed by atoms with Crippen LogP contribution in [-0.4, -0.2) is 44.8 Å². The first kappa shape index (κ1) is 15.5. The van der Waals surface area contributed by atoms with Gasteiger partial charge < -0.3 is 10.0 Å². The summed E-state index contributed by atoms with van der Waals surface area (Å²) in [4.78, 5) is 14.5. The Morgan fingerprint density at radius 1 is 1.41 bits per heavy atom. The highest BCUT2D eigenvalue weighted by Gasteiger charge is 2.43. The molecule has 1 amide bonds. The number of rotatable bonds is 3. The molecule has 2 fully saturated rings. The minimum atomic E-state index is -0.507. The highest BCUT2D eigenvalue weighted by Crippen LogP contribution is 2.39. The third-order valence-corrected chi connectivity index (χ3v) is 5.65. The zero-order valence-corrected chi connectivity index (χ0v) is 13.7. The highest BCUT2D eigenvalue weighted by molar-refractivity contribution is 5.76. The molecule has 0 spiro atoms. The number of amides is 1. The Balaban J connectivity index is 1.57. The van der Waals surface area contributed by atoms with Gasteiger partial charge in [-0.05, 0) is 45.1 Å². The summed E-state index contributed by atoms with van der Waals surface area (Å²) in [5, 5.41) is 17.9. The number of carbonyl (C=O) groups is 1. The van der Waals surface area contributed by atoms with E-state index in [-0.39, 0.29) is 11.8 Å². The standard InChI is InChI=1S/C17H27N3O2/c1-12-15(13(2)19-18-12)6-7-16(21)20-10-9-17(22)8-4-3-5-14(17)11-20/h14,22H,3-11H2,1-2H3,(H,18,19). The van der Waals surface area contributed by atoms with Crippen LogP contribution in [0.1, 0.15) is 55.5 Å².